The van der Waals surface area contributed by atoms with Gasteiger partial charge in [0.1, 0.15) is 0 Å². The molecule has 0 saturated heterocycles. The Morgan fingerprint density at radius 1 is 1.00 bits per heavy atom. The van der Waals surface area contributed by atoms with Crippen LogP contribution in [0.5, 0.6) is 0 Å². The molecule has 31 heavy (non-hydrogen) atoms. The minimum atomic E-state index is -0.201. The maximum absolute atomic E-state index is 13.2. The molecule has 3 aromatic carbocycles. The van der Waals surface area contributed by atoms with Crippen molar-refractivity contribution in [2.24, 2.45) is 10.7 Å². The quantitative estimate of drug-likeness (QED) is 0.579. The Kier molecular flexibility index (Phi) is 6.60. The third-order valence-corrected chi connectivity index (χ3v) is 5.65. The zero-order valence-corrected chi connectivity index (χ0v) is 17.8. The Labute approximate surface area is 187 Å². The van der Waals surface area contributed by atoms with Crippen molar-refractivity contribution >= 4 is 28.8 Å². The van der Waals surface area contributed by atoms with Crippen molar-refractivity contribution in [2.75, 3.05) is 13.1 Å². The van der Waals surface area contributed by atoms with E-state index >= 15 is 0 Å². The molecule has 5 heteroatoms. The molecule has 0 bridgehead atoms. The van der Waals surface area contributed by atoms with Crippen LogP contribution in [0.25, 0.3) is 5.57 Å². The number of halogens is 1. The first-order valence-corrected chi connectivity index (χ1v) is 10.7. The smallest absolute Gasteiger partial charge is 0.252 e. The van der Waals surface area contributed by atoms with Gasteiger partial charge in [0.15, 0.2) is 0 Å². The van der Waals surface area contributed by atoms with Gasteiger partial charge in [-0.1, -0.05) is 78.3 Å². The largest absolute Gasteiger partial charge is 0.348 e. The summed E-state index contributed by atoms with van der Waals surface area (Å²) in [6, 6.07) is 25.3. The van der Waals surface area contributed by atoms with Gasteiger partial charge in [-0.3, -0.25) is 9.79 Å². The van der Waals surface area contributed by atoms with Gasteiger partial charge in [0.25, 0.3) is 5.91 Å². The van der Waals surface area contributed by atoms with E-state index in [1.165, 1.54) is 0 Å². The zero-order chi connectivity index (χ0) is 21.6. The van der Waals surface area contributed by atoms with E-state index in [0.29, 0.717) is 35.7 Å². The molecule has 1 heterocycles. The molecule has 4 rings (SSSR count). The first-order chi connectivity index (χ1) is 15.2. The Bertz CT molecular complexity index is 1120. The van der Waals surface area contributed by atoms with Crippen LogP contribution >= 0.6 is 11.6 Å². The molecular weight excluding hydrogens is 406 g/mol. The summed E-state index contributed by atoms with van der Waals surface area (Å²) in [6.07, 6.45) is 2.68. The Hall–Kier alpha value is -3.21. The van der Waals surface area contributed by atoms with E-state index in [1.807, 2.05) is 54.6 Å². The fraction of sp³-hybridized carbons (Fsp3) is 0.154. The van der Waals surface area contributed by atoms with Crippen LogP contribution < -0.4 is 11.1 Å². The van der Waals surface area contributed by atoms with Crippen molar-refractivity contribution in [1.82, 2.24) is 5.32 Å². The van der Waals surface area contributed by atoms with Crippen LogP contribution in [-0.2, 0) is 6.42 Å². The second kappa shape index (κ2) is 9.73. The average Bonchev–Trinajstić information content (AvgIpc) is 3.29. The number of aliphatic imine (C=N–C) groups is 1. The molecule has 1 amide bonds. The SMILES string of the molecule is NC[C@@H](Cc1ccccc1)NC(=O)c1cccc(Cl)c1C1=NCC(c2ccccc2)=C1. The second-order valence-electron chi connectivity index (χ2n) is 7.50. The first kappa shape index (κ1) is 21.0. The number of carbonyl (C=O) groups excluding carboxylic acids is 1. The number of nitrogens with zero attached hydrogens (tertiary/aromatic N) is 1. The van der Waals surface area contributed by atoms with E-state index in [2.05, 4.69) is 22.4 Å². The zero-order valence-electron chi connectivity index (χ0n) is 17.1. The highest BCUT2D eigenvalue weighted by Gasteiger charge is 2.22. The van der Waals surface area contributed by atoms with Crippen molar-refractivity contribution in [3.63, 3.8) is 0 Å². The first-order valence-electron chi connectivity index (χ1n) is 10.3. The summed E-state index contributed by atoms with van der Waals surface area (Å²) in [5, 5.41) is 3.57. The molecule has 156 valence electrons. The molecule has 1 atom stereocenters. The molecule has 3 N–H and O–H groups in total. The summed E-state index contributed by atoms with van der Waals surface area (Å²) in [6.45, 7) is 0.903. The fourth-order valence-electron chi connectivity index (χ4n) is 3.73. The predicted octanol–water partition coefficient (Wildman–Crippen LogP) is 4.53. The average molecular weight is 430 g/mol. The second-order valence-corrected chi connectivity index (χ2v) is 7.90. The third kappa shape index (κ3) is 4.93. The minimum Gasteiger partial charge on any atom is -0.348 e. The van der Waals surface area contributed by atoms with Gasteiger partial charge in [-0.25, -0.2) is 0 Å². The van der Waals surface area contributed by atoms with E-state index in [0.717, 1.165) is 22.4 Å². The van der Waals surface area contributed by atoms with Crippen LogP contribution in [0.15, 0.2) is 89.9 Å². The van der Waals surface area contributed by atoms with Crippen molar-refractivity contribution < 1.29 is 4.79 Å². The van der Waals surface area contributed by atoms with Crippen LogP contribution in [0, 0.1) is 0 Å². The number of rotatable bonds is 7. The van der Waals surface area contributed by atoms with Gasteiger partial charge in [-0.05, 0) is 41.3 Å². The normalized spacial score (nSPS) is 14.0. The van der Waals surface area contributed by atoms with Crippen molar-refractivity contribution in [2.45, 2.75) is 12.5 Å². The van der Waals surface area contributed by atoms with Crippen molar-refractivity contribution in [3.8, 4) is 0 Å². The number of hydrogen-bond donors (Lipinski definition) is 2. The number of nitrogens with one attached hydrogen (secondary N) is 1. The van der Waals surface area contributed by atoms with Crippen molar-refractivity contribution in [3.05, 3.63) is 112 Å². The lowest BCUT2D eigenvalue weighted by Crippen LogP contribution is -2.42. The topological polar surface area (TPSA) is 67.5 Å². The van der Waals surface area contributed by atoms with Gasteiger partial charge in [0.05, 0.1) is 22.8 Å². The molecular formula is C26H24ClN3O. The maximum atomic E-state index is 13.2. The van der Waals surface area contributed by atoms with Crippen molar-refractivity contribution in [1.29, 1.82) is 0 Å². The van der Waals surface area contributed by atoms with Crippen LogP contribution in [0.1, 0.15) is 27.0 Å². The summed E-state index contributed by atoms with van der Waals surface area (Å²) in [4.78, 5) is 17.9. The Morgan fingerprint density at radius 2 is 1.71 bits per heavy atom. The van der Waals surface area contributed by atoms with Gasteiger partial charge >= 0.3 is 0 Å². The number of amides is 1. The van der Waals surface area contributed by atoms with E-state index in [9.17, 15) is 4.79 Å². The standard InChI is InChI=1S/C26H24ClN3O/c27-23-13-7-12-22(26(31)30-21(16-28)14-18-8-3-1-4-9-18)25(23)24-15-20(17-29-24)19-10-5-2-6-11-19/h1-13,15,21H,14,16-17,28H2,(H,30,31)/t21-/m1/s1. The maximum Gasteiger partial charge on any atom is 0.252 e. The van der Waals surface area contributed by atoms with Gasteiger partial charge in [-0.15, -0.1) is 0 Å². The van der Waals surface area contributed by atoms with Crippen LogP contribution in [0.3, 0.4) is 0 Å². The van der Waals surface area contributed by atoms with E-state index in [1.54, 1.807) is 18.2 Å². The molecule has 0 fully saturated rings. The van der Waals surface area contributed by atoms with E-state index in [4.69, 9.17) is 17.3 Å². The number of allylic oxidation sites excluding steroid dienone is 1. The number of benzene rings is 3. The molecule has 0 spiro atoms. The highest BCUT2D eigenvalue weighted by Crippen LogP contribution is 2.27. The lowest BCUT2D eigenvalue weighted by molar-refractivity contribution is 0.0938. The molecule has 0 radical (unpaired) electrons. The highest BCUT2D eigenvalue weighted by atomic mass is 35.5. The van der Waals surface area contributed by atoms with Gasteiger partial charge in [0.2, 0.25) is 0 Å². The number of carbonyl (C=O) groups is 1. The summed E-state index contributed by atoms with van der Waals surface area (Å²) in [5.74, 6) is -0.201. The molecule has 1 aliphatic rings. The van der Waals surface area contributed by atoms with Gasteiger partial charge in [-0.2, -0.15) is 0 Å². The number of nitrogens with two attached hydrogens (primary N) is 1. The number of hydrogen-bond acceptors (Lipinski definition) is 3. The molecule has 3 aromatic rings. The Balaban J connectivity index is 1.58. The lowest BCUT2D eigenvalue weighted by Gasteiger charge is -2.18. The predicted molar refractivity (Wildman–Crippen MR) is 128 cm³/mol. The molecule has 0 aliphatic carbocycles. The van der Waals surface area contributed by atoms with Gasteiger partial charge < -0.3 is 11.1 Å². The van der Waals surface area contributed by atoms with E-state index in [-0.39, 0.29) is 11.9 Å². The third-order valence-electron chi connectivity index (χ3n) is 5.33. The molecule has 4 nitrogen and oxygen atoms in total. The van der Waals surface area contributed by atoms with Crippen LogP contribution in [0.2, 0.25) is 5.02 Å². The molecule has 0 unspecified atom stereocenters. The summed E-state index contributed by atoms with van der Waals surface area (Å²) in [7, 11) is 0. The minimum absolute atomic E-state index is 0.178. The molecule has 0 aromatic heterocycles. The van der Waals surface area contributed by atoms with Gasteiger partial charge in [0, 0.05) is 18.2 Å². The summed E-state index contributed by atoms with van der Waals surface area (Å²) < 4.78 is 0. The summed E-state index contributed by atoms with van der Waals surface area (Å²) in [5.41, 5.74) is 11.2. The lowest BCUT2D eigenvalue weighted by atomic mass is 9.99. The van der Waals surface area contributed by atoms with E-state index < -0.39 is 0 Å². The van der Waals surface area contributed by atoms with Crippen LogP contribution in [-0.4, -0.2) is 30.8 Å². The highest BCUT2D eigenvalue weighted by molar-refractivity contribution is 6.37. The monoisotopic (exact) mass is 429 g/mol. The fourth-order valence-corrected chi connectivity index (χ4v) is 4.00. The Morgan fingerprint density at radius 3 is 2.42 bits per heavy atom. The molecule has 0 saturated carbocycles. The van der Waals surface area contributed by atoms with Crippen LogP contribution in [0.4, 0.5) is 0 Å². The summed E-state index contributed by atoms with van der Waals surface area (Å²) >= 11 is 6.53. The molecule has 1 aliphatic heterocycles.